The highest BCUT2D eigenvalue weighted by Gasteiger charge is 2.50. The van der Waals surface area contributed by atoms with Crippen LogP contribution in [0.3, 0.4) is 0 Å². The lowest BCUT2D eigenvalue weighted by Gasteiger charge is -2.40. The Bertz CT molecular complexity index is 1760. The van der Waals surface area contributed by atoms with Crippen molar-refractivity contribution in [3.05, 3.63) is 143 Å². The summed E-state index contributed by atoms with van der Waals surface area (Å²) in [5.74, 6) is 1.16. The molecule has 5 aromatic rings. The van der Waals surface area contributed by atoms with E-state index in [1.807, 2.05) is 42.5 Å². The van der Waals surface area contributed by atoms with Crippen LogP contribution in [0, 0.1) is 0 Å². The number of aromatic nitrogens is 4. The Labute approximate surface area is 307 Å². The zero-order valence-corrected chi connectivity index (χ0v) is 30.8. The highest BCUT2D eigenvalue weighted by molar-refractivity contribution is 6.45. The fourth-order valence-electron chi connectivity index (χ4n) is 6.79. The third-order valence-corrected chi connectivity index (χ3v) is 10.3. The van der Waals surface area contributed by atoms with Crippen molar-refractivity contribution in [1.82, 2.24) is 30.8 Å². The monoisotopic (exact) mass is 700 g/mol. The maximum atomic E-state index is 13.3. The topological polar surface area (TPSA) is 112 Å². The Morgan fingerprint density at radius 3 is 1.87 bits per heavy atom. The molecule has 1 aliphatic rings. The number of nitrogens with one attached hydrogen (secondary N) is 2. The standard InChI is InChI=1S/C41H49BN6O4/c1-39(2)40(3,4)52-42(51-39)28-16-15-23-36(38-45-46-47-48(38)30-37(49)43-29-31-24-26-35(50-5)27-25-31)44-41(32-17-9-6-10-18-32,33-19-11-7-12-20-33)34-21-13-8-14-22-34/h6-14,17-22,24-27,36,44H,15-16,23,28-30H2,1-5H3,(H,43,49). The summed E-state index contributed by atoms with van der Waals surface area (Å²) in [6, 6.07) is 38.7. The van der Waals surface area contributed by atoms with Gasteiger partial charge in [0.2, 0.25) is 5.91 Å². The van der Waals surface area contributed by atoms with Crippen LogP contribution in [-0.4, -0.2) is 51.5 Å². The van der Waals surface area contributed by atoms with Crippen LogP contribution in [-0.2, 0) is 32.7 Å². The van der Waals surface area contributed by atoms with Gasteiger partial charge in [-0.1, -0.05) is 116 Å². The fraction of sp³-hybridized carbons (Fsp3) is 0.366. The average Bonchev–Trinajstić information content (AvgIpc) is 3.70. The molecule has 1 saturated heterocycles. The van der Waals surface area contributed by atoms with Crippen molar-refractivity contribution < 1.29 is 18.8 Å². The second-order valence-corrected chi connectivity index (χ2v) is 14.3. The van der Waals surface area contributed by atoms with Gasteiger partial charge in [-0.15, -0.1) is 5.10 Å². The highest BCUT2D eigenvalue weighted by atomic mass is 16.7. The number of carbonyl (C=O) groups is 1. The number of unbranched alkanes of at least 4 members (excludes halogenated alkanes) is 1. The molecular weight excluding hydrogens is 651 g/mol. The first-order valence-electron chi connectivity index (χ1n) is 18.1. The van der Waals surface area contributed by atoms with Crippen LogP contribution in [0.1, 0.15) is 81.1 Å². The predicted octanol–water partition coefficient (Wildman–Crippen LogP) is 6.88. The molecule has 2 heterocycles. The Hall–Kier alpha value is -4.84. The van der Waals surface area contributed by atoms with Gasteiger partial charge >= 0.3 is 7.12 Å². The van der Waals surface area contributed by atoms with Crippen molar-refractivity contribution in [2.45, 2.75) is 89.1 Å². The number of benzene rings is 4. The smallest absolute Gasteiger partial charge is 0.457 e. The number of methoxy groups -OCH3 is 1. The number of tetrazole rings is 1. The molecule has 10 nitrogen and oxygen atoms in total. The quantitative estimate of drug-likeness (QED) is 0.0651. The maximum absolute atomic E-state index is 13.3. The summed E-state index contributed by atoms with van der Waals surface area (Å²) in [6.45, 7) is 8.67. The molecule has 1 aromatic heterocycles. The van der Waals surface area contributed by atoms with E-state index < -0.39 is 5.54 Å². The van der Waals surface area contributed by atoms with E-state index in [0.29, 0.717) is 18.8 Å². The van der Waals surface area contributed by atoms with Gasteiger partial charge < -0.3 is 19.4 Å². The number of carbonyl (C=O) groups excluding carboxylic acids is 1. The highest BCUT2D eigenvalue weighted by Crippen LogP contribution is 2.41. The first kappa shape index (κ1) is 36.9. The lowest BCUT2D eigenvalue weighted by molar-refractivity contribution is -0.122. The molecule has 6 rings (SSSR count). The Morgan fingerprint density at radius 1 is 0.808 bits per heavy atom. The van der Waals surface area contributed by atoms with E-state index in [2.05, 4.69) is 127 Å². The first-order chi connectivity index (χ1) is 25.1. The van der Waals surface area contributed by atoms with Crippen LogP contribution in [0.15, 0.2) is 115 Å². The normalized spacial score (nSPS) is 15.7. The van der Waals surface area contributed by atoms with E-state index in [4.69, 9.17) is 14.0 Å². The molecule has 0 bridgehead atoms. The summed E-state index contributed by atoms with van der Waals surface area (Å²) in [7, 11) is 1.36. The van der Waals surface area contributed by atoms with Crippen molar-refractivity contribution in [2.75, 3.05) is 7.11 Å². The van der Waals surface area contributed by atoms with Crippen molar-refractivity contribution in [3.8, 4) is 5.75 Å². The van der Waals surface area contributed by atoms with Crippen molar-refractivity contribution in [3.63, 3.8) is 0 Å². The van der Waals surface area contributed by atoms with Gasteiger partial charge in [0.1, 0.15) is 12.3 Å². The molecule has 4 aromatic carbocycles. The lowest BCUT2D eigenvalue weighted by Crippen LogP contribution is -2.47. The Balaban J connectivity index is 1.30. The van der Waals surface area contributed by atoms with Gasteiger partial charge in [-0.3, -0.25) is 10.1 Å². The van der Waals surface area contributed by atoms with E-state index >= 15 is 0 Å². The third kappa shape index (κ3) is 8.28. The van der Waals surface area contributed by atoms with Crippen molar-refractivity contribution in [1.29, 1.82) is 0 Å². The summed E-state index contributed by atoms with van der Waals surface area (Å²) in [5, 5.41) is 20.1. The van der Waals surface area contributed by atoms with Gasteiger partial charge in [0, 0.05) is 6.54 Å². The number of rotatable bonds is 16. The molecule has 1 amide bonds. The molecule has 0 aliphatic carbocycles. The molecule has 1 unspecified atom stereocenters. The predicted molar refractivity (Wildman–Crippen MR) is 202 cm³/mol. The molecule has 0 spiro atoms. The summed E-state index contributed by atoms with van der Waals surface area (Å²) < 4.78 is 19.5. The average molecular weight is 701 g/mol. The van der Waals surface area contributed by atoms with E-state index in [1.54, 1.807) is 11.8 Å². The zero-order valence-electron chi connectivity index (χ0n) is 30.8. The Morgan fingerprint density at radius 2 is 1.35 bits per heavy atom. The van der Waals surface area contributed by atoms with Gasteiger partial charge in [-0.05, 0) is 85.2 Å². The number of amides is 1. The first-order valence-corrected chi connectivity index (χ1v) is 18.1. The van der Waals surface area contributed by atoms with Gasteiger partial charge in [0.25, 0.3) is 0 Å². The largest absolute Gasteiger partial charge is 0.497 e. The third-order valence-electron chi connectivity index (χ3n) is 10.3. The second kappa shape index (κ2) is 16.2. The zero-order chi connectivity index (χ0) is 36.6. The minimum absolute atomic E-state index is 0.0282. The molecule has 11 heteroatoms. The maximum Gasteiger partial charge on any atom is 0.457 e. The van der Waals surface area contributed by atoms with Crippen LogP contribution < -0.4 is 15.4 Å². The second-order valence-electron chi connectivity index (χ2n) is 14.3. The van der Waals surface area contributed by atoms with E-state index in [1.165, 1.54) is 0 Å². The fourth-order valence-corrected chi connectivity index (χ4v) is 6.79. The molecule has 1 aliphatic heterocycles. The SMILES string of the molecule is COc1ccc(CNC(=O)Cn2nnnc2C(CCCCB2OC(C)(C)C(C)(C)O2)NC(c2ccccc2)(c2ccccc2)c2ccccc2)cc1. The molecule has 52 heavy (non-hydrogen) atoms. The number of hydrogen-bond donors (Lipinski definition) is 2. The van der Waals surface area contributed by atoms with Crippen LogP contribution >= 0.6 is 0 Å². The van der Waals surface area contributed by atoms with Crippen molar-refractivity contribution in [2.24, 2.45) is 0 Å². The molecule has 2 N–H and O–H groups in total. The van der Waals surface area contributed by atoms with Gasteiger partial charge in [0.05, 0.1) is 29.9 Å². The number of nitrogens with zero attached hydrogens (tertiary/aromatic N) is 4. The molecule has 1 atom stereocenters. The van der Waals surface area contributed by atoms with Crippen LogP contribution in [0.4, 0.5) is 0 Å². The summed E-state index contributed by atoms with van der Waals surface area (Å²) in [5.41, 5.74) is 2.67. The lowest BCUT2D eigenvalue weighted by atomic mass is 9.76. The van der Waals surface area contributed by atoms with Crippen LogP contribution in [0.5, 0.6) is 5.75 Å². The van der Waals surface area contributed by atoms with Gasteiger partial charge in [0.15, 0.2) is 5.82 Å². The summed E-state index contributed by atoms with van der Waals surface area (Å²) >= 11 is 0. The minimum Gasteiger partial charge on any atom is -0.497 e. The number of ether oxygens (including phenoxy) is 1. The van der Waals surface area contributed by atoms with E-state index in [0.717, 1.165) is 47.2 Å². The minimum atomic E-state index is -0.770. The van der Waals surface area contributed by atoms with E-state index in [-0.39, 0.29) is 36.8 Å². The Kier molecular flexibility index (Phi) is 11.5. The van der Waals surface area contributed by atoms with Crippen LogP contribution in [0.2, 0.25) is 6.32 Å². The van der Waals surface area contributed by atoms with Gasteiger partial charge in [-0.2, -0.15) is 0 Å². The molecule has 0 radical (unpaired) electrons. The van der Waals surface area contributed by atoms with Gasteiger partial charge in [-0.25, -0.2) is 4.68 Å². The molecule has 270 valence electrons. The molecule has 0 saturated carbocycles. The summed E-state index contributed by atoms with van der Waals surface area (Å²) in [4.78, 5) is 13.3. The number of hydrogen-bond acceptors (Lipinski definition) is 8. The molecular formula is C41H49BN6O4. The molecule has 1 fully saturated rings. The van der Waals surface area contributed by atoms with E-state index in [9.17, 15) is 4.79 Å². The van der Waals surface area contributed by atoms with Crippen molar-refractivity contribution >= 4 is 13.0 Å². The van der Waals surface area contributed by atoms with Crippen LogP contribution in [0.25, 0.3) is 0 Å². The summed E-state index contributed by atoms with van der Waals surface area (Å²) in [6.07, 6.45) is 3.17.